The number of esters is 1. The molecule has 0 aliphatic carbocycles. The van der Waals surface area contributed by atoms with E-state index in [1.54, 1.807) is 4.90 Å². The fraction of sp³-hybridized carbons (Fsp3) is 0.467. The van der Waals surface area contributed by atoms with Gasteiger partial charge in [-0.3, -0.25) is 9.59 Å². The molecule has 0 radical (unpaired) electrons. The number of nitrogens with zero attached hydrogens (tertiary/aromatic N) is 1. The van der Waals surface area contributed by atoms with Crippen molar-refractivity contribution in [1.29, 1.82) is 0 Å². The number of carbonyl (C=O) groups excluding carboxylic acids is 2. The number of hydrogen-bond acceptors (Lipinski definition) is 3. The van der Waals surface area contributed by atoms with Gasteiger partial charge in [0, 0.05) is 13.1 Å². The van der Waals surface area contributed by atoms with E-state index in [1.165, 1.54) is 0 Å². The van der Waals surface area contributed by atoms with Crippen LogP contribution in [0, 0.1) is 0 Å². The van der Waals surface area contributed by atoms with Gasteiger partial charge in [0.05, 0.1) is 12.0 Å². The molecule has 0 spiro atoms. The molecule has 19 heavy (non-hydrogen) atoms. The van der Waals surface area contributed by atoms with E-state index in [2.05, 4.69) is 0 Å². The number of carbonyl (C=O) groups is 2. The Morgan fingerprint density at radius 1 is 1.32 bits per heavy atom. The summed E-state index contributed by atoms with van der Waals surface area (Å²) in [5.41, 5.74) is 0.385. The third kappa shape index (κ3) is 2.62. The number of rotatable bonds is 4. The summed E-state index contributed by atoms with van der Waals surface area (Å²) in [5.74, 6) is -0.174. The maximum Gasteiger partial charge on any atom is 0.316 e. The van der Waals surface area contributed by atoms with Crippen LogP contribution >= 0.6 is 0 Å². The zero-order valence-corrected chi connectivity index (χ0v) is 11.2. The molecule has 4 nitrogen and oxygen atoms in total. The van der Waals surface area contributed by atoms with Crippen molar-refractivity contribution >= 4 is 12.4 Å². The van der Waals surface area contributed by atoms with Gasteiger partial charge in [0.1, 0.15) is 0 Å². The van der Waals surface area contributed by atoms with Crippen LogP contribution in [0.3, 0.4) is 0 Å². The number of benzene rings is 1. The highest BCUT2D eigenvalue weighted by Crippen LogP contribution is 2.36. The van der Waals surface area contributed by atoms with E-state index in [0.29, 0.717) is 32.5 Å². The summed E-state index contributed by atoms with van der Waals surface area (Å²) in [5, 5.41) is 0. The Balaban J connectivity index is 2.29. The highest BCUT2D eigenvalue weighted by molar-refractivity contribution is 5.83. The van der Waals surface area contributed by atoms with E-state index in [0.717, 1.165) is 12.0 Å². The smallest absolute Gasteiger partial charge is 0.316 e. The Labute approximate surface area is 113 Å². The molecule has 0 atom stereocenters. The fourth-order valence-electron chi connectivity index (χ4n) is 2.65. The van der Waals surface area contributed by atoms with Gasteiger partial charge >= 0.3 is 5.97 Å². The standard InChI is InChI=1S/C15H19NO3/c1-2-19-14(18)15(13-6-4-3-5-7-13)8-10-16(12-17)11-9-15/h3-7,12H,2,8-11H2,1H3. The van der Waals surface area contributed by atoms with Crippen LogP contribution in [0.2, 0.25) is 0 Å². The monoisotopic (exact) mass is 261 g/mol. The van der Waals surface area contributed by atoms with Gasteiger partial charge in [-0.15, -0.1) is 0 Å². The lowest BCUT2D eigenvalue weighted by atomic mass is 9.73. The largest absolute Gasteiger partial charge is 0.465 e. The second-order valence-corrected chi connectivity index (χ2v) is 4.81. The molecule has 0 aromatic heterocycles. The van der Waals surface area contributed by atoms with Gasteiger partial charge in [0.25, 0.3) is 0 Å². The fourth-order valence-corrected chi connectivity index (χ4v) is 2.65. The van der Waals surface area contributed by atoms with Gasteiger partial charge in [0.15, 0.2) is 0 Å². The minimum absolute atomic E-state index is 0.174. The lowest BCUT2D eigenvalue weighted by molar-refractivity contribution is -0.153. The average molecular weight is 261 g/mol. The molecule has 1 fully saturated rings. The average Bonchev–Trinajstić information content (AvgIpc) is 2.48. The van der Waals surface area contributed by atoms with E-state index in [4.69, 9.17) is 4.74 Å². The molecule has 0 bridgehead atoms. The van der Waals surface area contributed by atoms with Crippen molar-refractivity contribution in [3.8, 4) is 0 Å². The quantitative estimate of drug-likeness (QED) is 0.612. The maximum atomic E-state index is 12.4. The Bertz CT molecular complexity index is 436. The van der Waals surface area contributed by atoms with E-state index in [-0.39, 0.29) is 5.97 Å². The molecule has 102 valence electrons. The van der Waals surface area contributed by atoms with Gasteiger partial charge in [-0.1, -0.05) is 30.3 Å². The molecular formula is C15H19NO3. The van der Waals surface area contributed by atoms with Gasteiger partial charge in [-0.2, -0.15) is 0 Å². The number of amides is 1. The highest BCUT2D eigenvalue weighted by atomic mass is 16.5. The molecule has 0 saturated carbocycles. The van der Waals surface area contributed by atoms with E-state index in [1.807, 2.05) is 37.3 Å². The van der Waals surface area contributed by atoms with Gasteiger partial charge in [-0.05, 0) is 25.3 Å². The number of ether oxygens (including phenoxy) is 1. The second-order valence-electron chi connectivity index (χ2n) is 4.81. The predicted molar refractivity (Wildman–Crippen MR) is 71.6 cm³/mol. The van der Waals surface area contributed by atoms with E-state index >= 15 is 0 Å². The van der Waals surface area contributed by atoms with E-state index in [9.17, 15) is 9.59 Å². The third-order valence-corrected chi connectivity index (χ3v) is 3.79. The van der Waals surface area contributed by atoms with Crippen molar-refractivity contribution in [1.82, 2.24) is 4.90 Å². The molecule has 0 unspecified atom stereocenters. The van der Waals surface area contributed by atoms with Crippen molar-refractivity contribution in [2.24, 2.45) is 0 Å². The summed E-state index contributed by atoms with van der Waals surface area (Å²) in [6, 6.07) is 9.73. The second kappa shape index (κ2) is 5.87. The Morgan fingerprint density at radius 2 is 1.95 bits per heavy atom. The Morgan fingerprint density at radius 3 is 2.47 bits per heavy atom. The first-order valence-electron chi connectivity index (χ1n) is 6.65. The molecule has 1 heterocycles. The van der Waals surface area contributed by atoms with Crippen LogP contribution in [0.25, 0.3) is 0 Å². The van der Waals surface area contributed by atoms with Crippen molar-refractivity contribution in [2.45, 2.75) is 25.2 Å². The lowest BCUT2D eigenvalue weighted by Crippen LogP contribution is -2.47. The summed E-state index contributed by atoms with van der Waals surface area (Å²) in [6.07, 6.45) is 2.09. The third-order valence-electron chi connectivity index (χ3n) is 3.79. The predicted octanol–water partition coefficient (Wildman–Crippen LogP) is 1.74. The first-order chi connectivity index (χ1) is 9.23. The molecule has 0 N–H and O–H groups in total. The molecule has 1 aliphatic rings. The minimum Gasteiger partial charge on any atom is -0.465 e. The van der Waals surface area contributed by atoms with Crippen molar-refractivity contribution < 1.29 is 14.3 Å². The van der Waals surface area contributed by atoms with Crippen LogP contribution in [-0.2, 0) is 19.7 Å². The zero-order valence-electron chi connectivity index (χ0n) is 11.2. The summed E-state index contributed by atoms with van der Waals surface area (Å²) < 4.78 is 5.26. The SMILES string of the molecule is CCOC(=O)C1(c2ccccc2)CCN(C=O)CC1. The Hall–Kier alpha value is -1.84. The van der Waals surface area contributed by atoms with Crippen LogP contribution in [-0.4, -0.2) is 37.0 Å². The topological polar surface area (TPSA) is 46.6 Å². The normalized spacial score (nSPS) is 17.8. The summed E-state index contributed by atoms with van der Waals surface area (Å²) in [7, 11) is 0. The van der Waals surface area contributed by atoms with Gasteiger partial charge in [-0.25, -0.2) is 0 Å². The molecule has 1 saturated heterocycles. The van der Waals surface area contributed by atoms with Crippen LogP contribution in [0.1, 0.15) is 25.3 Å². The molecule has 2 rings (SSSR count). The number of hydrogen-bond donors (Lipinski definition) is 0. The van der Waals surface area contributed by atoms with Gasteiger partial charge in [0.2, 0.25) is 6.41 Å². The molecule has 1 aromatic carbocycles. The Kier molecular flexibility index (Phi) is 4.20. The van der Waals surface area contributed by atoms with Crippen LogP contribution in [0.15, 0.2) is 30.3 Å². The minimum atomic E-state index is -0.600. The molecular weight excluding hydrogens is 242 g/mol. The molecule has 1 amide bonds. The van der Waals surface area contributed by atoms with Crippen LogP contribution < -0.4 is 0 Å². The molecule has 4 heteroatoms. The molecule has 1 aromatic rings. The number of piperidine rings is 1. The van der Waals surface area contributed by atoms with Crippen molar-refractivity contribution in [2.75, 3.05) is 19.7 Å². The van der Waals surface area contributed by atoms with Gasteiger partial charge < -0.3 is 9.64 Å². The van der Waals surface area contributed by atoms with Crippen molar-refractivity contribution in [3.05, 3.63) is 35.9 Å². The summed E-state index contributed by atoms with van der Waals surface area (Å²) in [6.45, 7) is 3.39. The van der Waals surface area contributed by atoms with E-state index < -0.39 is 5.41 Å². The summed E-state index contributed by atoms with van der Waals surface area (Å²) in [4.78, 5) is 24.9. The maximum absolute atomic E-state index is 12.4. The van der Waals surface area contributed by atoms with Crippen LogP contribution in [0.5, 0.6) is 0 Å². The first-order valence-corrected chi connectivity index (χ1v) is 6.65. The first kappa shape index (κ1) is 13.6. The highest BCUT2D eigenvalue weighted by Gasteiger charge is 2.43. The summed E-state index contributed by atoms with van der Waals surface area (Å²) >= 11 is 0. The van der Waals surface area contributed by atoms with Crippen molar-refractivity contribution in [3.63, 3.8) is 0 Å². The zero-order chi connectivity index (χ0) is 13.7. The number of likely N-dealkylation sites (tertiary alicyclic amines) is 1. The lowest BCUT2D eigenvalue weighted by Gasteiger charge is -2.38. The van der Waals surface area contributed by atoms with Crippen LogP contribution in [0.4, 0.5) is 0 Å². The molecule has 1 aliphatic heterocycles.